The Balaban J connectivity index is 2.35. The summed E-state index contributed by atoms with van der Waals surface area (Å²) in [6.45, 7) is 3.73. The van der Waals surface area contributed by atoms with E-state index in [-0.39, 0.29) is 19.6 Å². The molecule has 12 nitrogen and oxygen atoms in total. The van der Waals surface area contributed by atoms with Crippen molar-refractivity contribution < 1.29 is 56.2 Å². The largest absolute Gasteiger partial charge is 0.457 e. The van der Waals surface area contributed by atoms with Gasteiger partial charge in [0, 0.05) is 13.0 Å². The maximum atomic E-state index is 12.9. The first kappa shape index (κ1) is 66.8. The van der Waals surface area contributed by atoms with Crippen molar-refractivity contribution in [2.45, 2.75) is 230 Å². The van der Waals surface area contributed by atoms with Gasteiger partial charge in [0.05, 0.1) is 19.8 Å². The van der Waals surface area contributed by atoms with Crippen LogP contribution in [-0.4, -0.2) is 97.5 Å². The Labute approximate surface area is 437 Å². The molecule has 13 heteroatoms. The van der Waals surface area contributed by atoms with Crippen LogP contribution in [-0.2, 0) is 38.3 Å². The van der Waals surface area contributed by atoms with E-state index in [1.807, 2.05) is 0 Å². The minimum absolute atomic E-state index is 0.0187. The molecule has 0 saturated carbocycles. The van der Waals surface area contributed by atoms with Crippen LogP contribution in [0.25, 0.3) is 0 Å². The molecule has 1 rings (SSSR count). The van der Waals surface area contributed by atoms with Crippen LogP contribution in [0.2, 0.25) is 0 Å². The molecule has 412 valence electrons. The quantitative estimate of drug-likeness (QED) is 0.0197. The summed E-state index contributed by atoms with van der Waals surface area (Å²) < 4.78 is 59.4. The van der Waals surface area contributed by atoms with E-state index in [1.54, 1.807) is 0 Å². The first-order chi connectivity index (χ1) is 35.1. The third-order valence-electron chi connectivity index (χ3n) is 11.9. The Morgan fingerprint density at radius 1 is 0.528 bits per heavy atom. The lowest BCUT2D eigenvalue weighted by Crippen LogP contribution is -2.60. The topological polar surface area (TPSA) is 178 Å². The van der Waals surface area contributed by atoms with E-state index < -0.39 is 59.8 Å². The Kier molecular flexibility index (Phi) is 45.2. The number of aliphatic hydroxyl groups is 3. The van der Waals surface area contributed by atoms with Gasteiger partial charge in [0.1, 0.15) is 30.5 Å². The molecule has 0 amide bonds. The average molecular weight is 1030 g/mol. The zero-order valence-corrected chi connectivity index (χ0v) is 45.3. The van der Waals surface area contributed by atoms with E-state index in [4.69, 9.17) is 18.9 Å². The van der Waals surface area contributed by atoms with Crippen molar-refractivity contribution in [2.24, 2.45) is 0 Å². The Bertz CT molecular complexity index is 1660. The van der Waals surface area contributed by atoms with Crippen LogP contribution in [0.3, 0.4) is 0 Å². The fraction of sp³-hybridized carbons (Fsp3) is 0.678. The predicted molar refractivity (Wildman–Crippen MR) is 294 cm³/mol. The Morgan fingerprint density at radius 3 is 1.33 bits per heavy atom. The molecule has 0 spiro atoms. The standard InChI is InChI=1S/C59H98O12S/c1-3-5-7-9-11-13-15-17-19-21-23-25-26-27-29-31-33-35-37-39-41-43-45-47-49-67-51-53(52-68-59-57(63)58(71-72(64,65)66)56(62)54(50-60)70-59)69-55(61)48-46-44-42-40-38-36-34-32-30-28-24-22-20-18-16-14-12-10-8-6-4-2/h5-8,11-14,17-20,23-25,28,32,34,53-54,56-60,62-63H,3-4,9-10,15-16,21-22,26-27,29-31,33,35-52H2,1-2H3,(H,64,65,66)/b7-5-,8-6-,13-11-,14-12-,19-17-,20-18-,25-23-,28-24-,34-32-. The summed E-state index contributed by atoms with van der Waals surface area (Å²) in [5.41, 5.74) is 0. The van der Waals surface area contributed by atoms with Gasteiger partial charge < -0.3 is 34.3 Å². The molecule has 0 aromatic carbocycles. The van der Waals surface area contributed by atoms with Crippen molar-refractivity contribution in [1.29, 1.82) is 0 Å². The summed E-state index contributed by atoms with van der Waals surface area (Å²) in [7, 11) is -5.08. The van der Waals surface area contributed by atoms with E-state index >= 15 is 0 Å². The molecule has 72 heavy (non-hydrogen) atoms. The van der Waals surface area contributed by atoms with Gasteiger partial charge in [-0.25, -0.2) is 4.18 Å². The maximum absolute atomic E-state index is 12.9. The highest BCUT2D eigenvalue weighted by Crippen LogP contribution is 2.26. The van der Waals surface area contributed by atoms with Crippen LogP contribution in [0.15, 0.2) is 109 Å². The van der Waals surface area contributed by atoms with Gasteiger partial charge in [-0.1, -0.05) is 200 Å². The summed E-state index contributed by atoms with van der Waals surface area (Å²) >= 11 is 0. The molecule has 1 aliphatic heterocycles. The molecule has 0 aromatic rings. The molecule has 0 aliphatic carbocycles. The monoisotopic (exact) mass is 1030 g/mol. The fourth-order valence-corrected chi connectivity index (χ4v) is 8.32. The number of hydrogen-bond acceptors (Lipinski definition) is 11. The van der Waals surface area contributed by atoms with Gasteiger partial charge in [-0.05, 0) is 96.3 Å². The summed E-state index contributed by atoms with van der Waals surface area (Å²) in [5.74, 6) is -0.422. The normalized spacial score (nSPS) is 19.8. The van der Waals surface area contributed by atoms with Gasteiger partial charge in [-0.15, -0.1) is 0 Å². The lowest BCUT2D eigenvalue weighted by atomic mass is 9.99. The smallest absolute Gasteiger partial charge is 0.397 e. The van der Waals surface area contributed by atoms with Crippen molar-refractivity contribution in [1.82, 2.24) is 0 Å². The van der Waals surface area contributed by atoms with Crippen molar-refractivity contribution in [3.05, 3.63) is 109 Å². The number of unbranched alkanes of at least 4 members (excludes halogenated alkanes) is 16. The summed E-state index contributed by atoms with van der Waals surface area (Å²) in [6, 6.07) is 0. The molecule has 4 N–H and O–H groups in total. The number of carbonyl (C=O) groups excluding carboxylic acids is 1. The van der Waals surface area contributed by atoms with Gasteiger partial charge in [-0.2, -0.15) is 8.42 Å². The number of esters is 1. The van der Waals surface area contributed by atoms with Crippen molar-refractivity contribution in [3.8, 4) is 0 Å². The maximum Gasteiger partial charge on any atom is 0.397 e. The highest BCUT2D eigenvalue weighted by Gasteiger charge is 2.48. The van der Waals surface area contributed by atoms with Crippen LogP contribution in [0.5, 0.6) is 0 Å². The lowest BCUT2D eigenvalue weighted by molar-refractivity contribution is -0.301. The van der Waals surface area contributed by atoms with Crippen LogP contribution in [0, 0.1) is 0 Å². The minimum atomic E-state index is -5.08. The molecule has 1 aliphatic rings. The second kappa shape index (κ2) is 48.7. The SMILES string of the molecule is CC/C=C\C/C=C\C/C=C\C/C=C\C/C=C\CCCCCCCC(=O)OC(COCCCCCCCCCCCCC/C=C\C/C=C\C/C=C\C/C=C\CC)COC1OC(CO)C(O)C(OS(=O)(=O)O)C1O. The molecule has 0 radical (unpaired) electrons. The third-order valence-corrected chi connectivity index (χ3v) is 12.4. The molecule has 1 fully saturated rings. The summed E-state index contributed by atoms with van der Waals surface area (Å²) in [4.78, 5) is 12.9. The fourth-order valence-electron chi connectivity index (χ4n) is 7.81. The summed E-state index contributed by atoms with van der Waals surface area (Å²) in [5, 5.41) is 30.8. The van der Waals surface area contributed by atoms with Crippen LogP contribution < -0.4 is 0 Å². The highest BCUT2D eigenvalue weighted by molar-refractivity contribution is 7.80. The Hall–Kier alpha value is -3.24. The van der Waals surface area contributed by atoms with Gasteiger partial charge in [0.2, 0.25) is 0 Å². The zero-order valence-electron chi connectivity index (χ0n) is 44.4. The number of aliphatic hydroxyl groups excluding tert-OH is 3. The molecule has 1 heterocycles. The molecular weight excluding hydrogens is 933 g/mol. The van der Waals surface area contributed by atoms with Crippen molar-refractivity contribution in [2.75, 3.05) is 26.4 Å². The third kappa shape index (κ3) is 41.1. The Morgan fingerprint density at radius 2 is 0.917 bits per heavy atom. The summed E-state index contributed by atoms with van der Waals surface area (Å²) in [6.07, 6.45) is 59.7. The van der Waals surface area contributed by atoms with Crippen molar-refractivity contribution in [3.63, 3.8) is 0 Å². The van der Waals surface area contributed by atoms with E-state index in [1.165, 1.54) is 51.4 Å². The lowest BCUT2D eigenvalue weighted by Gasteiger charge is -2.41. The van der Waals surface area contributed by atoms with Gasteiger partial charge in [0.15, 0.2) is 6.29 Å². The number of hydrogen-bond donors (Lipinski definition) is 4. The van der Waals surface area contributed by atoms with Crippen molar-refractivity contribution >= 4 is 16.4 Å². The molecule has 6 atom stereocenters. The molecule has 0 bridgehead atoms. The van der Waals surface area contributed by atoms with Crippen LogP contribution >= 0.6 is 0 Å². The first-order valence-electron chi connectivity index (χ1n) is 27.6. The second-order valence-electron chi connectivity index (χ2n) is 18.4. The predicted octanol–water partition coefficient (Wildman–Crippen LogP) is 13.5. The zero-order chi connectivity index (χ0) is 52.4. The number of carbonyl (C=O) groups is 1. The number of allylic oxidation sites excluding steroid dienone is 18. The molecular formula is C59H98O12S. The first-order valence-corrected chi connectivity index (χ1v) is 29.0. The van der Waals surface area contributed by atoms with Gasteiger partial charge >= 0.3 is 16.4 Å². The van der Waals surface area contributed by atoms with Gasteiger partial charge in [-0.3, -0.25) is 9.35 Å². The molecule has 1 saturated heterocycles. The molecule has 6 unspecified atom stereocenters. The number of rotatable bonds is 47. The van der Waals surface area contributed by atoms with E-state index in [9.17, 15) is 33.1 Å². The van der Waals surface area contributed by atoms with Crippen LogP contribution in [0.1, 0.15) is 194 Å². The van der Waals surface area contributed by atoms with E-state index in [0.717, 1.165) is 116 Å². The average Bonchev–Trinajstić information content (AvgIpc) is 3.36. The highest BCUT2D eigenvalue weighted by atomic mass is 32.3. The van der Waals surface area contributed by atoms with E-state index in [2.05, 4.69) is 127 Å². The van der Waals surface area contributed by atoms with E-state index in [0.29, 0.717) is 13.0 Å². The van der Waals surface area contributed by atoms with Crippen LogP contribution in [0.4, 0.5) is 0 Å². The molecule has 0 aromatic heterocycles. The number of ether oxygens (including phenoxy) is 4. The second-order valence-corrected chi connectivity index (χ2v) is 19.5. The van der Waals surface area contributed by atoms with Gasteiger partial charge in [0.25, 0.3) is 0 Å². The minimum Gasteiger partial charge on any atom is -0.457 e.